The summed E-state index contributed by atoms with van der Waals surface area (Å²) in [5.74, 6) is 1.29. The van der Waals surface area contributed by atoms with E-state index >= 15 is 0 Å². The number of imidazole rings is 1. The second-order valence-corrected chi connectivity index (χ2v) is 8.86. The Morgan fingerprint density at radius 1 is 1.03 bits per heavy atom. The minimum Gasteiger partial charge on any atom is -0.497 e. The predicted octanol–water partition coefficient (Wildman–Crippen LogP) is 6.41. The molecular weight excluding hydrogens is 456 g/mol. The molecule has 4 rings (SSSR count). The van der Waals surface area contributed by atoms with Crippen molar-refractivity contribution in [1.82, 2.24) is 9.55 Å². The molecule has 0 atom stereocenters. The molecule has 5 nitrogen and oxygen atoms in total. The second kappa shape index (κ2) is 10.8. The van der Waals surface area contributed by atoms with Gasteiger partial charge in [0.05, 0.1) is 30.3 Å². The van der Waals surface area contributed by atoms with Crippen molar-refractivity contribution in [1.29, 1.82) is 0 Å². The normalized spacial score (nSPS) is 11.0. The zero-order valence-electron chi connectivity index (χ0n) is 18.6. The number of ether oxygens (including phenoxy) is 2. The number of benzene rings is 3. The molecular formula is C26H25ClN2O3S. The molecule has 7 heteroatoms. The van der Waals surface area contributed by atoms with E-state index in [0.29, 0.717) is 12.2 Å². The monoisotopic (exact) mass is 480 g/mol. The maximum Gasteiger partial charge on any atom is 0.338 e. The van der Waals surface area contributed by atoms with Gasteiger partial charge in [0.2, 0.25) is 0 Å². The minimum absolute atomic E-state index is 0.331. The molecule has 0 aliphatic carbocycles. The summed E-state index contributed by atoms with van der Waals surface area (Å²) in [6, 6.07) is 21.5. The zero-order valence-corrected chi connectivity index (χ0v) is 20.2. The molecule has 0 N–H and O–H groups in total. The Balaban J connectivity index is 1.61. The van der Waals surface area contributed by atoms with Gasteiger partial charge >= 0.3 is 5.97 Å². The first kappa shape index (κ1) is 23.2. The van der Waals surface area contributed by atoms with Crippen LogP contribution >= 0.6 is 23.4 Å². The number of rotatable bonds is 9. The van der Waals surface area contributed by atoms with Crippen molar-refractivity contribution in [3.05, 3.63) is 88.4 Å². The first-order valence-electron chi connectivity index (χ1n) is 10.7. The summed E-state index contributed by atoms with van der Waals surface area (Å²) in [5, 5.41) is 1.64. The Labute approximate surface area is 202 Å². The quantitative estimate of drug-likeness (QED) is 0.204. The van der Waals surface area contributed by atoms with Crippen LogP contribution in [-0.4, -0.2) is 29.2 Å². The van der Waals surface area contributed by atoms with Gasteiger partial charge < -0.3 is 14.0 Å². The fourth-order valence-electron chi connectivity index (χ4n) is 3.54. The summed E-state index contributed by atoms with van der Waals surface area (Å²) >= 11 is 7.69. The fourth-order valence-corrected chi connectivity index (χ4v) is 4.66. The highest BCUT2D eigenvalue weighted by Crippen LogP contribution is 2.28. The van der Waals surface area contributed by atoms with Gasteiger partial charge in [0.25, 0.3) is 0 Å². The minimum atomic E-state index is -0.331. The number of hydrogen-bond donors (Lipinski definition) is 0. The molecule has 0 unspecified atom stereocenters. The SMILES string of the molecule is CCOC(=O)c1ccc2c(c1)nc(SCc1ccc(Cl)cc1)n2CCc1ccc(OC)cc1. The molecule has 0 aliphatic heterocycles. The lowest BCUT2D eigenvalue weighted by Crippen LogP contribution is -2.05. The van der Waals surface area contributed by atoms with Crippen molar-refractivity contribution < 1.29 is 14.3 Å². The Hall–Kier alpha value is -2.96. The first-order valence-corrected chi connectivity index (χ1v) is 12.1. The highest BCUT2D eigenvalue weighted by molar-refractivity contribution is 7.98. The predicted molar refractivity (Wildman–Crippen MR) is 133 cm³/mol. The summed E-state index contributed by atoms with van der Waals surface area (Å²) in [6.07, 6.45) is 0.851. The van der Waals surface area contributed by atoms with Gasteiger partial charge in [-0.2, -0.15) is 0 Å². The number of fused-ring (bicyclic) bond motifs is 1. The van der Waals surface area contributed by atoms with Gasteiger partial charge in [-0.3, -0.25) is 0 Å². The van der Waals surface area contributed by atoms with Crippen molar-refractivity contribution >= 4 is 40.4 Å². The van der Waals surface area contributed by atoms with Crippen molar-refractivity contribution in [2.75, 3.05) is 13.7 Å². The average molecular weight is 481 g/mol. The van der Waals surface area contributed by atoms with E-state index in [1.165, 1.54) is 11.1 Å². The molecule has 0 saturated heterocycles. The van der Waals surface area contributed by atoms with Crippen LogP contribution in [0, 0.1) is 0 Å². The maximum atomic E-state index is 12.2. The van der Waals surface area contributed by atoms with E-state index in [-0.39, 0.29) is 5.97 Å². The molecule has 4 aromatic rings. The number of carbonyl (C=O) groups is 1. The summed E-state index contributed by atoms with van der Waals surface area (Å²) < 4.78 is 12.6. The topological polar surface area (TPSA) is 53.3 Å². The van der Waals surface area contributed by atoms with Crippen LogP contribution in [0.5, 0.6) is 5.75 Å². The molecule has 33 heavy (non-hydrogen) atoms. The highest BCUT2D eigenvalue weighted by Gasteiger charge is 2.15. The van der Waals surface area contributed by atoms with Crippen LogP contribution in [0.1, 0.15) is 28.4 Å². The summed E-state index contributed by atoms with van der Waals surface area (Å²) in [6.45, 7) is 2.91. The third-order valence-electron chi connectivity index (χ3n) is 5.29. The smallest absolute Gasteiger partial charge is 0.338 e. The summed E-state index contributed by atoms with van der Waals surface area (Å²) in [7, 11) is 1.67. The van der Waals surface area contributed by atoms with Gasteiger partial charge in [-0.1, -0.05) is 47.6 Å². The van der Waals surface area contributed by atoms with E-state index in [2.05, 4.69) is 16.7 Å². The molecule has 1 aromatic heterocycles. The number of hydrogen-bond acceptors (Lipinski definition) is 5. The third kappa shape index (κ3) is 5.70. The number of nitrogens with zero attached hydrogens (tertiary/aromatic N) is 2. The van der Waals surface area contributed by atoms with E-state index in [1.807, 2.05) is 48.5 Å². The molecule has 0 radical (unpaired) electrons. The first-order chi connectivity index (χ1) is 16.1. The van der Waals surface area contributed by atoms with E-state index in [1.54, 1.807) is 31.9 Å². The second-order valence-electron chi connectivity index (χ2n) is 7.48. The molecule has 0 amide bonds. The molecule has 0 bridgehead atoms. The lowest BCUT2D eigenvalue weighted by Gasteiger charge is -2.10. The molecule has 3 aromatic carbocycles. The van der Waals surface area contributed by atoms with Crippen molar-refractivity contribution in [2.45, 2.75) is 30.8 Å². The number of methoxy groups -OCH3 is 1. The van der Waals surface area contributed by atoms with Crippen LogP contribution in [0.25, 0.3) is 11.0 Å². The highest BCUT2D eigenvalue weighted by atomic mass is 35.5. The standard InChI is InChI=1S/C26H25ClN2O3S/c1-3-32-25(30)20-8-13-24-23(16-20)28-26(33-17-19-4-9-21(27)10-5-19)29(24)15-14-18-6-11-22(31-2)12-7-18/h4-13,16H,3,14-15,17H2,1-2H3. The largest absolute Gasteiger partial charge is 0.497 e. The van der Waals surface area contributed by atoms with Crippen LogP contribution in [-0.2, 0) is 23.5 Å². The number of aryl methyl sites for hydroxylation is 2. The van der Waals surface area contributed by atoms with Gasteiger partial charge in [0.1, 0.15) is 5.75 Å². The number of esters is 1. The molecule has 1 heterocycles. The van der Waals surface area contributed by atoms with Crippen LogP contribution in [0.3, 0.4) is 0 Å². The molecule has 0 saturated carbocycles. The molecule has 0 spiro atoms. The lowest BCUT2D eigenvalue weighted by molar-refractivity contribution is 0.0526. The molecule has 0 fully saturated rings. The van der Waals surface area contributed by atoms with E-state index in [0.717, 1.165) is 45.7 Å². The van der Waals surface area contributed by atoms with Gasteiger partial charge in [0, 0.05) is 17.3 Å². The van der Waals surface area contributed by atoms with E-state index in [4.69, 9.17) is 26.1 Å². The molecule has 170 valence electrons. The van der Waals surface area contributed by atoms with Crippen molar-refractivity contribution in [2.24, 2.45) is 0 Å². The van der Waals surface area contributed by atoms with Crippen LogP contribution in [0.4, 0.5) is 0 Å². The molecule has 0 aliphatic rings. The number of thioether (sulfide) groups is 1. The van der Waals surface area contributed by atoms with Gasteiger partial charge in [-0.15, -0.1) is 0 Å². The van der Waals surface area contributed by atoms with E-state index < -0.39 is 0 Å². The lowest BCUT2D eigenvalue weighted by atomic mass is 10.1. The number of carbonyl (C=O) groups excluding carboxylic acids is 1. The number of aromatic nitrogens is 2. The van der Waals surface area contributed by atoms with Crippen molar-refractivity contribution in [3.8, 4) is 5.75 Å². The third-order valence-corrected chi connectivity index (χ3v) is 6.59. The van der Waals surface area contributed by atoms with E-state index in [9.17, 15) is 4.79 Å². The Bertz CT molecular complexity index is 1240. The Kier molecular flexibility index (Phi) is 7.57. The number of halogens is 1. The Morgan fingerprint density at radius 3 is 2.45 bits per heavy atom. The fraction of sp³-hybridized carbons (Fsp3) is 0.231. The van der Waals surface area contributed by atoms with Crippen LogP contribution in [0.15, 0.2) is 71.9 Å². The zero-order chi connectivity index (χ0) is 23.2. The van der Waals surface area contributed by atoms with Crippen LogP contribution < -0.4 is 4.74 Å². The van der Waals surface area contributed by atoms with Crippen LogP contribution in [0.2, 0.25) is 5.02 Å². The van der Waals surface area contributed by atoms with Gasteiger partial charge in [-0.25, -0.2) is 9.78 Å². The Morgan fingerprint density at radius 2 is 1.76 bits per heavy atom. The summed E-state index contributed by atoms with van der Waals surface area (Å²) in [5.41, 5.74) is 4.68. The van der Waals surface area contributed by atoms with Crippen molar-refractivity contribution in [3.63, 3.8) is 0 Å². The van der Waals surface area contributed by atoms with Gasteiger partial charge in [0.15, 0.2) is 5.16 Å². The maximum absolute atomic E-state index is 12.2. The van der Waals surface area contributed by atoms with Gasteiger partial charge in [-0.05, 0) is 66.9 Å². The summed E-state index contributed by atoms with van der Waals surface area (Å²) in [4.78, 5) is 17.1. The average Bonchev–Trinajstić information content (AvgIpc) is 3.19.